The van der Waals surface area contributed by atoms with Crippen LogP contribution in [0.2, 0.25) is 0 Å². The van der Waals surface area contributed by atoms with Gasteiger partial charge in [-0.2, -0.15) is 18.0 Å². The zero-order valence-corrected chi connectivity index (χ0v) is 17.2. The molecule has 0 spiro atoms. The Labute approximate surface area is 176 Å². The van der Waals surface area contributed by atoms with Crippen molar-refractivity contribution in [2.24, 2.45) is 5.16 Å². The van der Waals surface area contributed by atoms with Crippen LogP contribution in [0, 0.1) is 0 Å². The highest BCUT2D eigenvalue weighted by molar-refractivity contribution is 5.98. The molecular formula is C20H21F3N6O2. The molecule has 0 aliphatic rings. The molecule has 0 fully saturated rings. The van der Waals surface area contributed by atoms with Gasteiger partial charge < -0.3 is 9.57 Å². The quantitative estimate of drug-likeness (QED) is 0.390. The number of oxime groups is 1. The van der Waals surface area contributed by atoms with Crippen molar-refractivity contribution in [1.82, 2.24) is 25.2 Å². The second kappa shape index (κ2) is 9.54. The number of aromatic nitrogens is 5. The van der Waals surface area contributed by atoms with Crippen molar-refractivity contribution in [2.75, 3.05) is 0 Å². The van der Waals surface area contributed by atoms with Crippen molar-refractivity contribution in [3.05, 3.63) is 65.1 Å². The molecule has 164 valence electrons. The smallest absolute Gasteiger partial charge is 0.416 e. The van der Waals surface area contributed by atoms with Gasteiger partial charge in [-0.15, -0.1) is 10.2 Å². The summed E-state index contributed by atoms with van der Waals surface area (Å²) in [6.45, 7) is 5.82. The van der Waals surface area contributed by atoms with Gasteiger partial charge in [0.15, 0.2) is 6.61 Å². The van der Waals surface area contributed by atoms with E-state index in [4.69, 9.17) is 9.57 Å². The fourth-order valence-corrected chi connectivity index (χ4v) is 2.40. The summed E-state index contributed by atoms with van der Waals surface area (Å²) in [7, 11) is 0. The summed E-state index contributed by atoms with van der Waals surface area (Å²) in [6, 6.07) is 8.29. The molecule has 0 bridgehead atoms. The fraction of sp³-hybridized carbons (Fsp3) is 0.350. The minimum atomic E-state index is -4.36. The van der Waals surface area contributed by atoms with E-state index in [1.807, 2.05) is 13.8 Å². The molecule has 0 atom stereocenters. The van der Waals surface area contributed by atoms with Crippen molar-refractivity contribution < 1.29 is 22.7 Å². The summed E-state index contributed by atoms with van der Waals surface area (Å²) in [4.78, 5) is 10.9. The molecule has 0 saturated carbocycles. The van der Waals surface area contributed by atoms with Gasteiger partial charge in [0, 0.05) is 17.8 Å². The van der Waals surface area contributed by atoms with Crippen LogP contribution < -0.4 is 4.74 Å². The number of hydrogen-bond donors (Lipinski definition) is 0. The number of tetrazole rings is 1. The molecule has 0 aliphatic carbocycles. The van der Waals surface area contributed by atoms with Crippen LogP contribution in [0.5, 0.6) is 5.88 Å². The zero-order valence-electron chi connectivity index (χ0n) is 17.2. The third-order valence-electron chi connectivity index (χ3n) is 4.15. The molecule has 2 heterocycles. The van der Waals surface area contributed by atoms with Crippen LogP contribution in [0.3, 0.4) is 0 Å². The second-order valence-corrected chi connectivity index (χ2v) is 6.94. The molecule has 0 saturated heterocycles. The largest absolute Gasteiger partial charge is 0.469 e. The topological polar surface area (TPSA) is 87.3 Å². The molecule has 11 heteroatoms. The van der Waals surface area contributed by atoms with Crippen LogP contribution in [0.4, 0.5) is 13.2 Å². The average molecular weight is 434 g/mol. The highest BCUT2D eigenvalue weighted by atomic mass is 19.4. The van der Waals surface area contributed by atoms with Gasteiger partial charge in [0.2, 0.25) is 11.7 Å². The van der Waals surface area contributed by atoms with Gasteiger partial charge in [0.1, 0.15) is 6.61 Å². The van der Waals surface area contributed by atoms with Gasteiger partial charge >= 0.3 is 6.18 Å². The first-order chi connectivity index (χ1) is 14.7. The Bertz CT molecular complexity index is 1010. The summed E-state index contributed by atoms with van der Waals surface area (Å²) < 4.78 is 43.3. The summed E-state index contributed by atoms with van der Waals surface area (Å²) in [5, 5.41) is 16.0. The molecular weight excluding hydrogens is 413 g/mol. The minimum absolute atomic E-state index is 0.0498. The van der Waals surface area contributed by atoms with Crippen molar-refractivity contribution in [2.45, 2.75) is 46.2 Å². The first kappa shape index (κ1) is 22.2. The van der Waals surface area contributed by atoms with E-state index in [0.29, 0.717) is 28.5 Å². The molecule has 0 amide bonds. The van der Waals surface area contributed by atoms with E-state index in [9.17, 15) is 13.2 Å². The lowest BCUT2D eigenvalue weighted by Gasteiger charge is -2.07. The van der Waals surface area contributed by atoms with E-state index in [2.05, 4.69) is 25.6 Å². The third-order valence-corrected chi connectivity index (χ3v) is 4.15. The maximum Gasteiger partial charge on any atom is 0.416 e. The molecule has 2 aromatic heterocycles. The van der Waals surface area contributed by atoms with Crippen LogP contribution in [0.25, 0.3) is 0 Å². The number of ether oxygens (including phenoxy) is 1. The van der Waals surface area contributed by atoms with Gasteiger partial charge in [-0.25, -0.2) is 4.98 Å². The van der Waals surface area contributed by atoms with E-state index in [1.165, 1.54) is 16.9 Å². The Hall–Kier alpha value is -3.50. The predicted octanol–water partition coefficient (Wildman–Crippen LogP) is 4.19. The normalized spacial score (nSPS) is 12.3. The molecule has 8 nitrogen and oxygen atoms in total. The number of benzene rings is 1. The number of rotatable bonds is 8. The SMILES string of the molecule is CC(=NOCc1ccc(C(F)(F)F)cc1)c1ccc(OCc2nnn(C(C)C)n2)nc1. The minimum Gasteiger partial charge on any atom is -0.469 e. The third kappa shape index (κ3) is 6.24. The summed E-state index contributed by atoms with van der Waals surface area (Å²) >= 11 is 0. The van der Waals surface area contributed by atoms with Gasteiger partial charge in [0.25, 0.3) is 0 Å². The van der Waals surface area contributed by atoms with Crippen LogP contribution >= 0.6 is 0 Å². The van der Waals surface area contributed by atoms with Crippen molar-refractivity contribution in [3.8, 4) is 5.88 Å². The van der Waals surface area contributed by atoms with E-state index < -0.39 is 11.7 Å². The maximum absolute atomic E-state index is 12.6. The second-order valence-electron chi connectivity index (χ2n) is 6.94. The summed E-state index contributed by atoms with van der Waals surface area (Å²) in [5.41, 5.74) is 1.15. The average Bonchev–Trinajstić information content (AvgIpc) is 3.22. The highest BCUT2D eigenvalue weighted by Crippen LogP contribution is 2.29. The lowest BCUT2D eigenvalue weighted by Crippen LogP contribution is -2.06. The van der Waals surface area contributed by atoms with Crippen molar-refractivity contribution in [1.29, 1.82) is 0 Å². The molecule has 0 aliphatic heterocycles. The van der Waals surface area contributed by atoms with Crippen LogP contribution in [-0.4, -0.2) is 30.9 Å². The van der Waals surface area contributed by atoms with Crippen LogP contribution in [-0.2, 0) is 24.2 Å². The molecule has 1 aromatic carbocycles. The Morgan fingerprint density at radius 2 is 1.84 bits per heavy atom. The van der Waals surface area contributed by atoms with E-state index >= 15 is 0 Å². The monoisotopic (exact) mass is 434 g/mol. The Balaban J connectivity index is 1.50. The fourth-order valence-electron chi connectivity index (χ4n) is 2.40. The molecule has 31 heavy (non-hydrogen) atoms. The molecule has 0 unspecified atom stereocenters. The van der Waals surface area contributed by atoms with E-state index in [0.717, 1.165) is 12.1 Å². The molecule has 0 radical (unpaired) electrons. The van der Waals surface area contributed by atoms with Crippen molar-refractivity contribution in [3.63, 3.8) is 0 Å². The Morgan fingerprint density at radius 3 is 2.42 bits per heavy atom. The molecule has 0 N–H and O–H groups in total. The van der Waals surface area contributed by atoms with E-state index in [-0.39, 0.29) is 19.3 Å². The number of pyridine rings is 1. The number of halogens is 3. The standard InChI is InChI=1S/C20H21F3N6O2/c1-13(2)29-26-18(25-28-29)12-30-19-9-6-16(10-24-19)14(3)27-31-11-15-4-7-17(8-5-15)20(21,22)23/h4-10,13H,11-12H2,1-3H3. The molecule has 3 rings (SSSR count). The first-order valence-corrected chi connectivity index (χ1v) is 9.42. The highest BCUT2D eigenvalue weighted by Gasteiger charge is 2.29. The number of hydrogen-bond acceptors (Lipinski definition) is 7. The van der Waals surface area contributed by atoms with Crippen LogP contribution in [0.15, 0.2) is 47.8 Å². The van der Waals surface area contributed by atoms with E-state index in [1.54, 1.807) is 25.3 Å². The lowest BCUT2D eigenvalue weighted by atomic mass is 10.1. The van der Waals surface area contributed by atoms with Gasteiger partial charge in [0.05, 0.1) is 17.3 Å². The summed E-state index contributed by atoms with van der Waals surface area (Å²) in [5.74, 6) is 0.845. The van der Waals surface area contributed by atoms with Crippen molar-refractivity contribution >= 4 is 5.71 Å². The Morgan fingerprint density at radius 1 is 1.10 bits per heavy atom. The zero-order chi connectivity index (χ0) is 22.4. The predicted molar refractivity (Wildman–Crippen MR) is 105 cm³/mol. The summed E-state index contributed by atoms with van der Waals surface area (Å²) in [6.07, 6.45) is -2.78. The van der Waals surface area contributed by atoms with Gasteiger partial charge in [-0.05, 0) is 49.7 Å². The lowest BCUT2D eigenvalue weighted by molar-refractivity contribution is -0.137. The van der Waals surface area contributed by atoms with Crippen LogP contribution in [0.1, 0.15) is 49.3 Å². The van der Waals surface area contributed by atoms with Gasteiger partial charge in [-0.3, -0.25) is 0 Å². The number of nitrogens with zero attached hydrogens (tertiary/aromatic N) is 6. The maximum atomic E-state index is 12.6. The Kier molecular flexibility index (Phi) is 6.83. The first-order valence-electron chi connectivity index (χ1n) is 9.42. The number of alkyl halides is 3. The van der Waals surface area contributed by atoms with Gasteiger partial charge in [-0.1, -0.05) is 17.3 Å². The molecule has 3 aromatic rings.